The highest BCUT2D eigenvalue weighted by molar-refractivity contribution is 5.96. The molecule has 2 atom stereocenters. The number of benzene rings is 3. The van der Waals surface area contributed by atoms with Crippen LogP contribution in [0.1, 0.15) is 22.7 Å². The Balaban J connectivity index is 1.79. The van der Waals surface area contributed by atoms with Crippen LogP contribution in [0.2, 0.25) is 0 Å². The first kappa shape index (κ1) is 22.2. The van der Waals surface area contributed by atoms with Gasteiger partial charge in [0.1, 0.15) is 5.82 Å². The third-order valence-electron chi connectivity index (χ3n) is 5.09. The van der Waals surface area contributed by atoms with Crippen LogP contribution in [-0.4, -0.2) is 25.4 Å². The van der Waals surface area contributed by atoms with Crippen molar-refractivity contribution in [3.8, 4) is 0 Å². The Morgan fingerprint density at radius 1 is 0.935 bits per heavy atom. The highest BCUT2D eigenvalue weighted by atomic mass is 19.1. The fourth-order valence-corrected chi connectivity index (χ4v) is 3.51. The van der Waals surface area contributed by atoms with Gasteiger partial charge in [-0.3, -0.25) is 9.59 Å². The third-order valence-corrected chi connectivity index (χ3v) is 5.09. The lowest BCUT2D eigenvalue weighted by molar-refractivity contribution is -0.893. The zero-order valence-corrected chi connectivity index (χ0v) is 17.9. The average Bonchev–Trinajstić information content (AvgIpc) is 2.71. The molecule has 0 aromatic heterocycles. The van der Waals surface area contributed by atoms with Gasteiger partial charge in [0.25, 0.3) is 11.8 Å². The van der Waals surface area contributed by atoms with Crippen molar-refractivity contribution >= 4 is 23.2 Å². The molecule has 0 saturated heterocycles. The van der Waals surface area contributed by atoms with E-state index < -0.39 is 11.9 Å². The van der Waals surface area contributed by atoms with Gasteiger partial charge >= 0.3 is 0 Å². The van der Waals surface area contributed by atoms with Gasteiger partial charge in [0.05, 0.1) is 7.05 Å². The van der Waals surface area contributed by atoms with Crippen LogP contribution in [0.15, 0.2) is 72.8 Å². The number of hydrogen-bond acceptors (Lipinski definition) is 2. The second-order valence-electron chi connectivity index (χ2n) is 7.73. The van der Waals surface area contributed by atoms with E-state index in [1.165, 1.54) is 18.2 Å². The molecule has 160 valence electrons. The maximum absolute atomic E-state index is 13.4. The van der Waals surface area contributed by atoms with E-state index >= 15 is 0 Å². The molecule has 3 N–H and O–H groups in total. The van der Waals surface area contributed by atoms with Crippen molar-refractivity contribution in [3.63, 3.8) is 0 Å². The first-order valence-electron chi connectivity index (χ1n) is 10.1. The molecule has 3 aromatic carbocycles. The Bertz CT molecular complexity index is 1070. The second kappa shape index (κ2) is 10.00. The molecule has 6 heteroatoms. The predicted molar refractivity (Wildman–Crippen MR) is 121 cm³/mol. The molecule has 0 fully saturated rings. The van der Waals surface area contributed by atoms with E-state index in [1.807, 2.05) is 62.4 Å². The van der Waals surface area contributed by atoms with Crippen molar-refractivity contribution in [2.24, 2.45) is 0 Å². The summed E-state index contributed by atoms with van der Waals surface area (Å²) in [5.41, 5.74) is 3.96. The Morgan fingerprint density at radius 3 is 2.39 bits per heavy atom. The van der Waals surface area contributed by atoms with Crippen molar-refractivity contribution in [3.05, 3.63) is 95.3 Å². The molecule has 0 radical (unpaired) electrons. The maximum atomic E-state index is 13.4. The summed E-state index contributed by atoms with van der Waals surface area (Å²) < 4.78 is 13.4. The van der Waals surface area contributed by atoms with E-state index in [0.29, 0.717) is 10.6 Å². The van der Waals surface area contributed by atoms with Gasteiger partial charge in [-0.1, -0.05) is 48.5 Å². The molecule has 3 rings (SSSR count). The minimum absolute atomic E-state index is 0.0380. The summed E-state index contributed by atoms with van der Waals surface area (Å²) in [7, 11) is 1.80. The largest absolute Gasteiger partial charge is 0.321 e. The molecule has 1 unspecified atom stereocenters. The lowest BCUT2D eigenvalue weighted by Crippen LogP contribution is -3.11. The summed E-state index contributed by atoms with van der Waals surface area (Å²) in [6.45, 7) is 3.95. The second-order valence-corrected chi connectivity index (χ2v) is 7.73. The Hall–Kier alpha value is -3.51. The molecule has 2 amide bonds. The van der Waals surface area contributed by atoms with E-state index in [0.717, 1.165) is 22.4 Å². The molecule has 0 saturated carbocycles. The summed E-state index contributed by atoms with van der Waals surface area (Å²) in [6.07, 6.45) is 0. The topological polar surface area (TPSA) is 62.6 Å². The quantitative estimate of drug-likeness (QED) is 0.549. The smallest absolute Gasteiger partial charge is 0.287 e. The highest BCUT2D eigenvalue weighted by Gasteiger charge is 2.30. The molecule has 0 aliphatic carbocycles. The maximum Gasteiger partial charge on any atom is 0.287 e. The zero-order valence-electron chi connectivity index (χ0n) is 17.9. The Morgan fingerprint density at radius 2 is 1.68 bits per heavy atom. The summed E-state index contributed by atoms with van der Waals surface area (Å²) in [5.74, 6) is -0.923. The Labute approximate surface area is 181 Å². The number of anilines is 2. The number of rotatable bonds is 7. The minimum Gasteiger partial charge on any atom is -0.321 e. The standard InChI is InChI=1S/C25H26FN3O2/c1-17-12-13-18(2)22(14-17)28-25(31)24(19-8-5-4-6-9-19)29(3)16-23(30)27-21-11-7-10-20(26)15-21/h4-15,24H,16H2,1-3H3,(H,27,30)(H,28,31)/p+1/t24-/m1/s1. The van der Waals surface area contributed by atoms with Gasteiger partial charge in [0, 0.05) is 16.9 Å². The summed E-state index contributed by atoms with van der Waals surface area (Å²) in [5, 5.41) is 5.71. The number of amides is 2. The van der Waals surface area contributed by atoms with Crippen molar-refractivity contribution in [2.75, 3.05) is 24.2 Å². The van der Waals surface area contributed by atoms with Crippen molar-refractivity contribution < 1.29 is 18.9 Å². The number of likely N-dealkylation sites (N-methyl/N-ethyl adjacent to an activating group) is 1. The molecular formula is C25H27FN3O2+. The van der Waals surface area contributed by atoms with E-state index in [4.69, 9.17) is 0 Å². The zero-order chi connectivity index (χ0) is 22.4. The van der Waals surface area contributed by atoms with Gasteiger partial charge < -0.3 is 15.5 Å². The number of hydrogen-bond donors (Lipinski definition) is 3. The normalized spacial score (nSPS) is 12.6. The first-order valence-corrected chi connectivity index (χ1v) is 10.1. The number of aryl methyl sites for hydroxylation is 2. The van der Waals surface area contributed by atoms with E-state index in [9.17, 15) is 14.0 Å². The van der Waals surface area contributed by atoms with Gasteiger partial charge in [-0.2, -0.15) is 0 Å². The number of carbonyl (C=O) groups is 2. The molecule has 5 nitrogen and oxygen atoms in total. The van der Waals surface area contributed by atoms with Crippen molar-refractivity contribution in [1.29, 1.82) is 0 Å². The monoisotopic (exact) mass is 420 g/mol. The van der Waals surface area contributed by atoms with Crippen LogP contribution < -0.4 is 15.5 Å². The third kappa shape index (κ3) is 5.99. The molecule has 0 bridgehead atoms. The predicted octanol–water partition coefficient (Wildman–Crippen LogP) is 3.28. The molecule has 31 heavy (non-hydrogen) atoms. The summed E-state index contributed by atoms with van der Waals surface area (Å²) in [6, 6.07) is 20.4. The van der Waals surface area contributed by atoms with Crippen LogP contribution in [0.3, 0.4) is 0 Å². The molecule has 3 aromatic rings. The lowest BCUT2D eigenvalue weighted by Gasteiger charge is -2.24. The van der Waals surface area contributed by atoms with Crippen LogP contribution in [-0.2, 0) is 9.59 Å². The minimum atomic E-state index is -0.598. The van der Waals surface area contributed by atoms with Crippen LogP contribution in [0.4, 0.5) is 15.8 Å². The molecule has 0 aliphatic heterocycles. The number of quaternary nitrogens is 1. The fourth-order valence-electron chi connectivity index (χ4n) is 3.51. The first-order chi connectivity index (χ1) is 14.8. The van der Waals surface area contributed by atoms with Gasteiger partial charge in [0.2, 0.25) is 0 Å². The number of nitrogens with one attached hydrogen (secondary N) is 3. The summed E-state index contributed by atoms with van der Waals surface area (Å²) in [4.78, 5) is 26.5. The van der Waals surface area contributed by atoms with Gasteiger partial charge in [-0.05, 0) is 49.2 Å². The van der Waals surface area contributed by atoms with E-state index in [1.54, 1.807) is 13.1 Å². The van der Waals surface area contributed by atoms with Crippen molar-refractivity contribution in [1.82, 2.24) is 0 Å². The van der Waals surface area contributed by atoms with Gasteiger partial charge in [-0.15, -0.1) is 0 Å². The average molecular weight is 421 g/mol. The number of carbonyl (C=O) groups excluding carboxylic acids is 2. The van der Waals surface area contributed by atoms with Crippen molar-refractivity contribution in [2.45, 2.75) is 19.9 Å². The van der Waals surface area contributed by atoms with Gasteiger partial charge in [0.15, 0.2) is 12.6 Å². The molecule has 0 heterocycles. The van der Waals surface area contributed by atoms with Crippen LogP contribution >= 0.6 is 0 Å². The molecular weight excluding hydrogens is 393 g/mol. The van der Waals surface area contributed by atoms with Crippen LogP contribution in [0, 0.1) is 19.7 Å². The van der Waals surface area contributed by atoms with Crippen LogP contribution in [0.25, 0.3) is 0 Å². The SMILES string of the molecule is Cc1ccc(C)c(NC(=O)[C@@H](c2ccccc2)[NH+](C)CC(=O)Nc2cccc(F)c2)c1. The van der Waals surface area contributed by atoms with Gasteiger partial charge in [-0.25, -0.2) is 4.39 Å². The Kier molecular flexibility index (Phi) is 7.15. The molecule has 0 aliphatic rings. The highest BCUT2D eigenvalue weighted by Crippen LogP contribution is 2.19. The molecule has 0 spiro atoms. The number of halogens is 1. The fraction of sp³-hybridized carbons (Fsp3) is 0.200. The van der Waals surface area contributed by atoms with Crippen LogP contribution in [0.5, 0.6) is 0 Å². The lowest BCUT2D eigenvalue weighted by atomic mass is 10.0. The van der Waals surface area contributed by atoms with E-state index in [-0.39, 0.29) is 18.4 Å². The summed E-state index contributed by atoms with van der Waals surface area (Å²) >= 11 is 0. The van der Waals surface area contributed by atoms with E-state index in [2.05, 4.69) is 10.6 Å².